The molecule has 0 spiro atoms. The molecule has 0 bridgehead atoms. The van der Waals surface area contributed by atoms with Crippen molar-refractivity contribution in [2.75, 3.05) is 49.1 Å². The largest absolute Gasteiger partial charge is 0.506 e. The monoisotopic (exact) mass is 537 g/mol. The lowest BCUT2D eigenvalue weighted by Crippen LogP contribution is -2.47. The molecule has 2 fully saturated rings. The second-order valence-electron chi connectivity index (χ2n) is 10.0. The maximum Gasteiger partial charge on any atom is 0.143 e. The van der Waals surface area contributed by atoms with Gasteiger partial charge in [-0.15, -0.1) is 12.4 Å². The minimum atomic E-state index is 0. The quantitative estimate of drug-likeness (QED) is 0.351. The van der Waals surface area contributed by atoms with Crippen molar-refractivity contribution in [2.45, 2.75) is 48.0 Å². The molecule has 37 heavy (non-hydrogen) atoms. The molecule has 196 valence electrons. The van der Waals surface area contributed by atoms with Crippen molar-refractivity contribution in [3.63, 3.8) is 0 Å². The van der Waals surface area contributed by atoms with E-state index in [-0.39, 0.29) is 12.4 Å². The minimum absolute atomic E-state index is 0. The number of phenolic OH excluding ortho intramolecular Hbond substituents is 1. The fourth-order valence-corrected chi connectivity index (χ4v) is 6.90. The second kappa shape index (κ2) is 11.9. The Labute approximate surface area is 230 Å². The first-order valence-electron chi connectivity index (χ1n) is 13.4. The van der Waals surface area contributed by atoms with Gasteiger partial charge in [-0.3, -0.25) is 4.90 Å². The third-order valence-corrected chi connectivity index (χ3v) is 8.77. The highest BCUT2D eigenvalue weighted by molar-refractivity contribution is 7.99. The Hall–Kier alpha value is -2.54. The SMILES string of the molecule is Cl.Oc1cccc2c1N(CCCN1CCN(c3ccccc3OC3CCCC3)CC1)c1ccccc1S2. The Balaban J connectivity index is 0.00000280. The summed E-state index contributed by atoms with van der Waals surface area (Å²) in [4.78, 5) is 9.76. The standard InChI is InChI=1S/C30H35N3O2S.ClH/c34-26-13-7-16-29-30(26)33(25-12-4-6-15-28(25)36-29)18-8-17-31-19-21-32(22-20-31)24-11-3-5-14-27(24)35-23-9-1-2-10-23;/h3-7,11-16,23,34H,1-2,8-10,17-22H2;1H. The van der Waals surface area contributed by atoms with Gasteiger partial charge in [-0.25, -0.2) is 0 Å². The van der Waals surface area contributed by atoms with Crippen molar-refractivity contribution in [1.29, 1.82) is 0 Å². The molecule has 7 heteroatoms. The molecule has 1 saturated heterocycles. The number of aromatic hydroxyl groups is 1. The molecule has 1 aliphatic carbocycles. The summed E-state index contributed by atoms with van der Waals surface area (Å²) in [6.07, 6.45) is 6.38. The highest BCUT2D eigenvalue weighted by atomic mass is 35.5. The first kappa shape index (κ1) is 26.1. The van der Waals surface area contributed by atoms with Crippen LogP contribution in [0.5, 0.6) is 11.5 Å². The molecule has 3 aliphatic rings. The summed E-state index contributed by atoms with van der Waals surface area (Å²) in [7, 11) is 0. The number of rotatable bonds is 7. The predicted octanol–water partition coefficient (Wildman–Crippen LogP) is 6.95. The average molecular weight is 538 g/mol. The van der Waals surface area contributed by atoms with E-state index in [4.69, 9.17) is 4.74 Å². The Morgan fingerprint density at radius 2 is 1.49 bits per heavy atom. The summed E-state index contributed by atoms with van der Waals surface area (Å²) < 4.78 is 6.40. The van der Waals surface area contributed by atoms with Gasteiger partial charge in [-0.2, -0.15) is 0 Å². The lowest BCUT2D eigenvalue weighted by molar-refractivity contribution is 0.209. The fourth-order valence-electron chi connectivity index (χ4n) is 5.77. The summed E-state index contributed by atoms with van der Waals surface area (Å²) in [5.41, 5.74) is 3.39. The second-order valence-corrected chi connectivity index (χ2v) is 11.1. The van der Waals surface area contributed by atoms with Gasteiger partial charge in [0.05, 0.1) is 23.2 Å². The number of anilines is 3. The molecule has 2 heterocycles. The van der Waals surface area contributed by atoms with Crippen molar-refractivity contribution >= 4 is 41.2 Å². The van der Waals surface area contributed by atoms with Crippen LogP contribution >= 0.6 is 24.2 Å². The van der Waals surface area contributed by atoms with Crippen LogP contribution in [0.4, 0.5) is 17.1 Å². The van der Waals surface area contributed by atoms with Crippen LogP contribution in [-0.2, 0) is 0 Å². The zero-order valence-corrected chi connectivity index (χ0v) is 22.9. The van der Waals surface area contributed by atoms with Crippen LogP contribution in [0.25, 0.3) is 0 Å². The predicted molar refractivity (Wildman–Crippen MR) is 156 cm³/mol. The molecule has 1 saturated carbocycles. The van der Waals surface area contributed by atoms with E-state index in [1.807, 2.05) is 6.07 Å². The maximum absolute atomic E-state index is 10.7. The number of hydrogen-bond donors (Lipinski definition) is 1. The number of nitrogens with zero attached hydrogens (tertiary/aromatic N) is 3. The molecular formula is C30H36ClN3O2S. The molecule has 0 atom stereocenters. The van der Waals surface area contributed by atoms with Crippen LogP contribution in [0, 0.1) is 0 Å². The molecule has 2 aliphatic heterocycles. The number of fused-ring (bicyclic) bond motifs is 2. The van der Waals surface area contributed by atoms with Gasteiger partial charge in [0.15, 0.2) is 0 Å². The van der Waals surface area contributed by atoms with Crippen molar-refractivity contribution < 1.29 is 9.84 Å². The van der Waals surface area contributed by atoms with Crippen LogP contribution in [-0.4, -0.2) is 55.4 Å². The number of benzene rings is 3. The van der Waals surface area contributed by atoms with Gasteiger partial charge >= 0.3 is 0 Å². The van der Waals surface area contributed by atoms with Gasteiger partial charge < -0.3 is 19.6 Å². The zero-order chi connectivity index (χ0) is 24.3. The molecule has 0 radical (unpaired) electrons. The van der Waals surface area contributed by atoms with E-state index >= 15 is 0 Å². The van der Waals surface area contributed by atoms with Gasteiger partial charge in [-0.05, 0) is 75.0 Å². The van der Waals surface area contributed by atoms with Crippen LogP contribution in [0.2, 0.25) is 0 Å². The lowest BCUT2D eigenvalue weighted by Gasteiger charge is -2.38. The van der Waals surface area contributed by atoms with E-state index in [2.05, 4.69) is 69.3 Å². The number of piperazine rings is 1. The van der Waals surface area contributed by atoms with E-state index in [1.165, 1.54) is 42.0 Å². The molecule has 0 amide bonds. The van der Waals surface area contributed by atoms with Crippen molar-refractivity contribution in [3.8, 4) is 11.5 Å². The molecular weight excluding hydrogens is 502 g/mol. The third kappa shape index (κ3) is 5.66. The van der Waals surface area contributed by atoms with Crippen LogP contribution in [0.1, 0.15) is 32.1 Å². The van der Waals surface area contributed by atoms with Crippen LogP contribution in [0.3, 0.4) is 0 Å². The molecule has 0 aromatic heterocycles. The summed E-state index contributed by atoms with van der Waals surface area (Å²) in [5, 5.41) is 10.7. The molecule has 3 aromatic carbocycles. The van der Waals surface area contributed by atoms with Gasteiger partial charge in [0.2, 0.25) is 0 Å². The van der Waals surface area contributed by atoms with Gasteiger partial charge in [0.25, 0.3) is 0 Å². The summed E-state index contributed by atoms with van der Waals surface area (Å²) in [6, 6.07) is 22.9. The molecule has 1 N–H and O–H groups in total. The van der Waals surface area contributed by atoms with Crippen molar-refractivity contribution in [3.05, 3.63) is 66.7 Å². The topological polar surface area (TPSA) is 39.2 Å². The Bertz CT molecular complexity index is 1190. The van der Waals surface area contributed by atoms with Crippen LogP contribution < -0.4 is 14.5 Å². The minimum Gasteiger partial charge on any atom is -0.506 e. The number of ether oxygens (including phenoxy) is 1. The van der Waals surface area contributed by atoms with Gasteiger partial charge in [0.1, 0.15) is 11.5 Å². The van der Waals surface area contributed by atoms with E-state index < -0.39 is 0 Å². The molecule has 5 nitrogen and oxygen atoms in total. The maximum atomic E-state index is 10.7. The summed E-state index contributed by atoms with van der Waals surface area (Å²) >= 11 is 1.74. The van der Waals surface area contributed by atoms with E-state index in [1.54, 1.807) is 17.8 Å². The zero-order valence-electron chi connectivity index (χ0n) is 21.2. The molecule has 3 aromatic rings. The number of para-hydroxylation sites is 4. The first-order valence-corrected chi connectivity index (χ1v) is 14.2. The smallest absolute Gasteiger partial charge is 0.143 e. The highest BCUT2D eigenvalue weighted by Crippen LogP contribution is 2.51. The number of phenols is 1. The first-order chi connectivity index (χ1) is 17.8. The highest BCUT2D eigenvalue weighted by Gasteiger charge is 2.26. The van der Waals surface area contributed by atoms with Crippen LogP contribution in [0.15, 0.2) is 76.5 Å². The number of halogens is 1. The third-order valence-electron chi connectivity index (χ3n) is 7.65. The van der Waals surface area contributed by atoms with Crippen molar-refractivity contribution in [2.24, 2.45) is 0 Å². The Morgan fingerprint density at radius 3 is 2.30 bits per heavy atom. The van der Waals surface area contributed by atoms with Crippen molar-refractivity contribution in [1.82, 2.24) is 4.90 Å². The summed E-state index contributed by atoms with van der Waals surface area (Å²) in [5.74, 6) is 1.42. The van der Waals surface area contributed by atoms with E-state index in [0.717, 1.165) is 62.0 Å². The normalized spacial score (nSPS) is 17.7. The average Bonchev–Trinajstić information content (AvgIpc) is 3.42. The summed E-state index contributed by atoms with van der Waals surface area (Å²) in [6.45, 7) is 6.12. The number of hydrogen-bond acceptors (Lipinski definition) is 6. The Kier molecular flexibility index (Phi) is 8.38. The lowest BCUT2D eigenvalue weighted by atomic mass is 10.2. The van der Waals surface area contributed by atoms with Gasteiger partial charge in [0, 0.05) is 42.5 Å². The fraction of sp³-hybridized carbons (Fsp3) is 0.400. The van der Waals surface area contributed by atoms with Gasteiger partial charge in [-0.1, -0.05) is 42.1 Å². The molecule has 0 unspecified atom stereocenters. The van der Waals surface area contributed by atoms with E-state index in [0.29, 0.717) is 11.9 Å². The van der Waals surface area contributed by atoms with E-state index in [9.17, 15) is 5.11 Å². The Morgan fingerprint density at radius 1 is 0.784 bits per heavy atom. The molecule has 6 rings (SSSR count).